The van der Waals surface area contributed by atoms with Crippen LogP contribution in [0.2, 0.25) is 5.02 Å². The second kappa shape index (κ2) is 9.54. The number of hydrogen-bond donors (Lipinski definition) is 3. The molecule has 1 unspecified atom stereocenters. The first kappa shape index (κ1) is 18.6. The molecule has 0 saturated heterocycles. The average molecular weight is 367 g/mol. The van der Waals surface area contributed by atoms with Gasteiger partial charge in [-0.15, -0.1) is 0 Å². The monoisotopic (exact) mass is 366 g/mol. The van der Waals surface area contributed by atoms with E-state index in [-0.39, 0.29) is 12.5 Å². The SMILES string of the molecule is O=C(NCCCO)c1ccc(CNS(=O)c2ccc(Cl)cc2)cc1. The second-order valence-electron chi connectivity index (χ2n) is 5.07. The van der Waals surface area contributed by atoms with Gasteiger partial charge in [0.1, 0.15) is 11.0 Å². The largest absolute Gasteiger partial charge is 0.396 e. The zero-order valence-corrected chi connectivity index (χ0v) is 14.6. The molecule has 2 aromatic rings. The van der Waals surface area contributed by atoms with Crippen LogP contribution in [-0.2, 0) is 17.5 Å². The van der Waals surface area contributed by atoms with Gasteiger partial charge >= 0.3 is 0 Å². The number of nitrogens with one attached hydrogen (secondary N) is 2. The smallest absolute Gasteiger partial charge is 0.251 e. The molecule has 7 heteroatoms. The minimum atomic E-state index is -1.32. The highest BCUT2D eigenvalue weighted by atomic mass is 35.5. The summed E-state index contributed by atoms with van der Waals surface area (Å²) in [6.45, 7) is 0.913. The summed E-state index contributed by atoms with van der Waals surface area (Å²) in [6.07, 6.45) is 0.532. The van der Waals surface area contributed by atoms with Crippen molar-refractivity contribution in [3.8, 4) is 0 Å². The molecule has 0 fully saturated rings. The Bertz CT molecular complexity index is 690. The fraction of sp³-hybridized carbons (Fsp3) is 0.235. The third kappa shape index (κ3) is 5.72. The van der Waals surface area contributed by atoms with E-state index in [0.29, 0.717) is 35.0 Å². The molecule has 1 atom stereocenters. The summed E-state index contributed by atoms with van der Waals surface area (Å²) in [5.74, 6) is -0.173. The van der Waals surface area contributed by atoms with Gasteiger partial charge in [0.05, 0.1) is 4.90 Å². The summed E-state index contributed by atoms with van der Waals surface area (Å²) in [6, 6.07) is 13.9. The molecule has 0 heterocycles. The molecule has 3 N–H and O–H groups in total. The Balaban J connectivity index is 1.86. The Hall–Kier alpha value is -1.73. The van der Waals surface area contributed by atoms with Crippen LogP contribution in [0.15, 0.2) is 53.4 Å². The van der Waals surface area contributed by atoms with Crippen LogP contribution in [0.25, 0.3) is 0 Å². The Morgan fingerprint density at radius 3 is 2.38 bits per heavy atom. The molecular weight excluding hydrogens is 348 g/mol. The summed E-state index contributed by atoms with van der Waals surface area (Å²) in [7, 11) is -1.32. The first-order valence-corrected chi connectivity index (χ1v) is 9.02. The van der Waals surface area contributed by atoms with Gasteiger partial charge in [-0.2, -0.15) is 0 Å². The van der Waals surface area contributed by atoms with Gasteiger partial charge in [0.15, 0.2) is 0 Å². The van der Waals surface area contributed by atoms with Crippen molar-refractivity contribution in [3.05, 3.63) is 64.7 Å². The third-order valence-electron chi connectivity index (χ3n) is 3.27. The normalized spacial score (nSPS) is 11.9. The highest BCUT2D eigenvalue weighted by molar-refractivity contribution is 7.83. The Morgan fingerprint density at radius 2 is 1.75 bits per heavy atom. The summed E-state index contributed by atoms with van der Waals surface area (Å²) < 4.78 is 15.0. The van der Waals surface area contributed by atoms with E-state index in [0.717, 1.165) is 5.56 Å². The van der Waals surface area contributed by atoms with Crippen LogP contribution >= 0.6 is 11.6 Å². The summed E-state index contributed by atoms with van der Waals surface area (Å²) >= 11 is 5.81. The highest BCUT2D eigenvalue weighted by Crippen LogP contribution is 2.12. The Labute approximate surface area is 148 Å². The van der Waals surface area contributed by atoms with Crippen molar-refractivity contribution in [2.24, 2.45) is 0 Å². The number of aliphatic hydroxyl groups excluding tert-OH is 1. The lowest BCUT2D eigenvalue weighted by atomic mass is 10.1. The van der Waals surface area contributed by atoms with Crippen LogP contribution < -0.4 is 10.0 Å². The maximum Gasteiger partial charge on any atom is 0.251 e. The molecule has 0 saturated carbocycles. The number of hydrogen-bond acceptors (Lipinski definition) is 3. The standard InChI is InChI=1S/C17H19ClN2O3S/c18-15-6-8-16(9-7-15)24(23)20-12-13-2-4-14(5-3-13)17(22)19-10-1-11-21/h2-9,20-21H,1,10-12H2,(H,19,22). The highest BCUT2D eigenvalue weighted by Gasteiger charge is 2.06. The number of carbonyl (C=O) groups is 1. The van der Waals surface area contributed by atoms with Gasteiger partial charge in [0.25, 0.3) is 5.91 Å². The van der Waals surface area contributed by atoms with Crippen LogP contribution in [0.3, 0.4) is 0 Å². The first-order valence-electron chi connectivity index (χ1n) is 7.49. The lowest BCUT2D eigenvalue weighted by Crippen LogP contribution is -2.25. The predicted octanol–water partition coefficient (Wildman–Crippen LogP) is 2.26. The third-order valence-corrected chi connectivity index (χ3v) is 4.63. The van der Waals surface area contributed by atoms with Gasteiger partial charge in [-0.3, -0.25) is 4.79 Å². The van der Waals surface area contributed by atoms with Crippen molar-refractivity contribution in [1.82, 2.24) is 10.0 Å². The fourth-order valence-electron chi connectivity index (χ4n) is 1.95. The number of benzene rings is 2. The van der Waals surface area contributed by atoms with Crippen molar-refractivity contribution in [3.63, 3.8) is 0 Å². The topological polar surface area (TPSA) is 78.4 Å². The molecule has 0 radical (unpaired) electrons. The van der Waals surface area contributed by atoms with Crippen LogP contribution in [0.4, 0.5) is 0 Å². The molecule has 1 amide bonds. The number of amides is 1. The van der Waals surface area contributed by atoms with Crippen LogP contribution in [0.1, 0.15) is 22.3 Å². The molecular formula is C17H19ClN2O3S. The van der Waals surface area contributed by atoms with Gasteiger partial charge in [0, 0.05) is 30.3 Å². The second-order valence-corrected chi connectivity index (χ2v) is 6.81. The number of aliphatic hydroxyl groups is 1. The lowest BCUT2D eigenvalue weighted by molar-refractivity contribution is 0.0951. The van der Waals surface area contributed by atoms with Crippen molar-refractivity contribution in [2.75, 3.05) is 13.2 Å². The van der Waals surface area contributed by atoms with Gasteiger partial charge < -0.3 is 10.4 Å². The van der Waals surface area contributed by atoms with Gasteiger partial charge in [-0.1, -0.05) is 23.7 Å². The molecule has 2 aromatic carbocycles. The molecule has 128 valence electrons. The van der Waals surface area contributed by atoms with Crippen LogP contribution in [0, 0.1) is 0 Å². The minimum absolute atomic E-state index is 0.0512. The van der Waals surface area contributed by atoms with Gasteiger partial charge in [-0.05, 0) is 48.4 Å². The molecule has 24 heavy (non-hydrogen) atoms. The van der Waals surface area contributed by atoms with Crippen LogP contribution in [0.5, 0.6) is 0 Å². The van der Waals surface area contributed by atoms with E-state index >= 15 is 0 Å². The Kier molecular flexibility index (Phi) is 7.39. The van der Waals surface area contributed by atoms with Crippen molar-refractivity contribution < 1.29 is 14.1 Å². The molecule has 0 aliphatic heterocycles. The van der Waals surface area contributed by atoms with E-state index in [2.05, 4.69) is 10.0 Å². The lowest BCUT2D eigenvalue weighted by Gasteiger charge is -2.07. The van der Waals surface area contributed by atoms with E-state index in [9.17, 15) is 9.00 Å². The number of carbonyl (C=O) groups excluding carboxylic acids is 1. The van der Waals surface area contributed by atoms with Gasteiger partial charge in [0.2, 0.25) is 0 Å². The minimum Gasteiger partial charge on any atom is -0.396 e. The Morgan fingerprint density at radius 1 is 1.08 bits per heavy atom. The molecule has 0 aliphatic rings. The van der Waals surface area contributed by atoms with E-state index in [1.807, 2.05) is 12.1 Å². The predicted molar refractivity (Wildman–Crippen MR) is 95.2 cm³/mol. The van der Waals surface area contributed by atoms with Gasteiger partial charge in [-0.25, -0.2) is 8.93 Å². The van der Waals surface area contributed by atoms with E-state index < -0.39 is 11.0 Å². The van der Waals surface area contributed by atoms with E-state index in [1.165, 1.54) is 0 Å². The van der Waals surface area contributed by atoms with E-state index in [4.69, 9.17) is 16.7 Å². The molecule has 0 bridgehead atoms. The maximum atomic E-state index is 12.1. The summed E-state index contributed by atoms with van der Waals surface area (Å²) in [5.41, 5.74) is 1.47. The zero-order chi connectivity index (χ0) is 17.4. The molecule has 0 aromatic heterocycles. The average Bonchev–Trinajstić information content (AvgIpc) is 2.61. The van der Waals surface area contributed by atoms with Crippen LogP contribution in [-0.4, -0.2) is 28.4 Å². The van der Waals surface area contributed by atoms with E-state index in [1.54, 1.807) is 36.4 Å². The van der Waals surface area contributed by atoms with Crippen molar-refractivity contribution >= 4 is 28.5 Å². The van der Waals surface area contributed by atoms with Crippen molar-refractivity contribution in [1.29, 1.82) is 0 Å². The quantitative estimate of drug-likeness (QED) is 0.627. The molecule has 2 rings (SSSR count). The summed E-state index contributed by atoms with van der Waals surface area (Å²) in [4.78, 5) is 12.5. The summed E-state index contributed by atoms with van der Waals surface area (Å²) in [5, 5.41) is 12.0. The first-order chi connectivity index (χ1) is 11.6. The maximum absolute atomic E-state index is 12.1. The molecule has 0 spiro atoms. The number of halogens is 1. The fourth-order valence-corrected chi connectivity index (χ4v) is 2.92. The van der Waals surface area contributed by atoms with Crippen molar-refractivity contribution in [2.45, 2.75) is 17.9 Å². The molecule has 0 aliphatic carbocycles. The molecule has 5 nitrogen and oxygen atoms in total. The number of rotatable bonds is 8. The zero-order valence-electron chi connectivity index (χ0n) is 13.0.